The molecule has 2 aliphatic rings. The molecule has 1 aliphatic heterocycles. The Labute approximate surface area is 118 Å². The van der Waals surface area contributed by atoms with Crippen molar-refractivity contribution in [3.63, 3.8) is 0 Å². The fourth-order valence-electron chi connectivity index (χ4n) is 2.63. The summed E-state index contributed by atoms with van der Waals surface area (Å²) in [5.74, 6) is 0.799. The van der Waals surface area contributed by atoms with E-state index in [0.29, 0.717) is 18.0 Å². The molecule has 0 aromatic carbocycles. The van der Waals surface area contributed by atoms with Crippen LogP contribution >= 0.6 is 11.3 Å². The lowest BCUT2D eigenvalue weighted by Crippen LogP contribution is -2.56. The highest BCUT2D eigenvalue weighted by molar-refractivity contribution is 7.13. The summed E-state index contributed by atoms with van der Waals surface area (Å²) in [6.45, 7) is 5.99. The zero-order chi connectivity index (χ0) is 13.6. The van der Waals surface area contributed by atoms with Gasteiger partial charge in [-0.3, -0.25) is 9.69 Å². The monoisotopic (exact) mass is 279 g/mol. The Hall–Kier alpha value is -0.940. The second-order valence-electron chi connectivity index (χ2n) is 5.91. The number of piperazine rings is 1. The molecule has 1 saturated heterocycles. The molecule has 2 atom stereocenters. The maximum atomic E-state index is 12.5. The van der Waals surface area contributed by atoms with Gasteiger partial charge in [0.1, 0.15) is 4.88 Å². The molecule has 1 aromatic heterocycles. The third kappa shape index (κ3) is 2.54. The molecule has 3 rings (SSSR count). The van der Waals surface area contributed by atoms with Gasteiger partial charge < -0.3 is 4.90 Å². The molecule has 0 unspecified atom stereocenters. The highest BCUT2D eigenvalue weighted by atomic mass is 32.1. The van der Waals surface area contributed by atoms with Crippen molar-refractivity contribution in [3.8, 4) is 0 Å². The number of carbonyl (C=O) groups is 1. The molecule has 1 aromatic rings. The molecule has 2 fully saturated rings. The summed E-state index contributed by atoms with van der Waals surface area (Å²) in [4.78, 5) is 22.1. The lowest BCUT2D eigenvalue weighted by atomic mass is 10.1. The largest absolute Gasteiger partial charge is 0.335 e. The Balaban J connectivity index is 1.72. The first-order valence-corrected chi connectivity index (χ1v) is 7.85. The maximum absolute atomic E-state index is 12.5. The van der Waals surface area contributed by atoms with Gasteiger partial charge in [-0.2, -0.15) is 0 Å². The van der Waals surface area contributed by atoms with E-state index in [0.717, 1.165) is 23.0 Å². The third-order valence-electron chi connectivity index (χ3n) is 4.31. The van der Waals surface area contributed by atoms with Crippen LogP contribution in [0.25, 0.3) is 0 Å². The Morgan fingerprint density at radius 1 is 1.32 bits per heavy atom. The zero-order valence-electron chi connectivity index (χ0n) is 11.8. The summed E-state index contributed by atoms with van der Waals surface area (Å²) in [5, 5.41) is 1.15. The normalized spacial score (nSPS) is 28.7. The number of aromatic nitrogens is 1. The Morgan fingerprint density at radius 2 is 1.95 bits per heavy atom. The second kappa shape index (κ2) is 4.87. The number of hydrogen-bond donors (Lipinski definition) is 0. The highest BCUT2D eigenvalue weighted by Gasteiger charge is 2.32. The van der Waals surface area contributed by atoms with Crippen molar-refractivity contribution in [2.24, 2.45) is 0 Å². The third-order valence-corrected chi connectivity index (χ3v) is 5.46. The van der Waals surface area contributed by atoms with E-state index in [1.165, 1.54) is 12.8 Å². The van der Waals surface area contributed by atoms with Gasteiger partial charge in [0, 0.05) is 31.1 Å². The van der Waals surface area contributed by atoms with Crippen LogP contribution in [0.2, 0.25) is 0 Å². The minimum atomic E-state index is 0.163. The first-order valence-electron chi connectivity index (χ1n) is 7.03. The van der Waals surface area contributed by atoms with Gasteiger partial charge in [0.2, 0.25) is 0 Å². The topological polar surface area (TPSA) is 36.4 Å². The predicted octanol–water partition coefficient (Wildman–Crippen LogP) is 2.19. The Morgan fingerprint density at radius 3 is 2.53 bits per heavy atom. The van der Waals surface area contributed by atoms with Gasteiger partial charge in [0.05, 0.1) is 11.2 Å². The van der Waals surface area contributed by atoms with Crippen LogP contribution in [0.1, 0.15) is 47.3 Å². The lowest BCUT2D eigenvalue weighted by Gasteiger charge is -2.42. The van der Waals surface area contributed by atoms with Crippen molar-refractivity contribution in [1.82, 2.24) is 14.8 Å². The summed E-state index contributed by atoms with van der Waals surface area (Å²) in [6.07, 6.45) is 4.25. The van der Waals surface area contributed by atoms with Crippen molar-refractivity contribution >= 4 is 17.2 Å². The first kappa shape index (κ1) is 13.1. The van der Waals surface area contributed by atoms with Gasteiger partial charge in [0.25, 0.3) is 5.91 Å². The molecule has 1 amide bonds. The van der Waals surface area contributed by atoms with Crippen LogP contribution in [0.15, 0.2) is 6.20 Å². The van der Waals surface area contributed by atoms with Crippen LogP contribution in [0.3, 0.4) is 0 Å². The molecule has 0 radical (unpaired) electrons. The summed E-state index contributed by atoms with van der Waals surface area (Å²) < 4.78 is 0. The standard InChI is InChI=1S/C14H21N3OS/c1-9-7-17(8-10(2)16(9)3)14(18)12-6-15-13(19-12)11-4-5-11/h6,9-11H,4-5,7-8H2,1-3H3/t9-,10-/m1/s1. The number of likely N-dealkylation sites (N-methyl/N-ethyl adjacent to an activating group) is 1. The smallest absolute Gasteiger partial charge is 0.265 e. The minimum absolute atomic E-state index is 0.163. The fraction of sp³-hybridized carbons (Fsp3) is 0.714. The first-order chi connectivity index (χ1) is 9.06. The number of carbonyl (C=O) groups excluding carboxylic acids is 1. The predicted molar refractivity (Wildman–Crippen MR) is 76.7 cm³/mol. The van der Waals surface area contributed by atoms with Gasteiger partial charge in [-0.05, 0) is 33.7 Å². The van der Waals surface area contributed by atoms with Crippen LogP contribution in [0.4, 0.5) is 0 Å². The van der Waals surface area contributed by atoms with Gasteiger partial charge >= 0.3 is 0 Å². The van der Waals surface area contributed by atoms with Gasteiger partial charge in [0.15, 0.2) is 0 Å². The SMILES string of the molecule is C[C@@H]1CN(C(=O)c2cnc(C3CC3)s2)C[C@@H](C)N1C. The van der Waals surface area contributed by atoms with E-state index >= 15 is 0 Å². The van der Waals surface area contributed by atoms with Crippen molar-refractivity contribution in [2.75, 3.05) is 20.1 Å². The van der Waals surface area contributed by atoms with Crippen molar-refractivity contribution in [2.45, 2.75) is 44.7 Å². The molecule has 0 bridgehead atoms. The van der Waals surface area contributed by atoms with Crippen LogP contribution in [-0.4, -0.2) is 52.9 Å². The van der Waals surface area contributed by atoms with E-state index in [-0.39, 0.29) is 5.91 Å². The Bertz CT molecular complexity index is 471. The van der Waals surface area contributed by atoms with E-state index in [2.05, 4.69) is 30.8 Å². The minimum Gasteiger partial charge on any atom is -0.335 e. The number of hydrogen-bond acceptors (Lipinski definition) is 4. The van der Waals surface area contributed by atoms with Crippen molar-refractivity contribution < 1.29 is 4.79 Å². The van der Waals surface area contributed by atoms with Gasteiger partial charge in [-0.15, -0.1) is 11.3 Å². The number of rotatable bonds is 2. The van der Waals surface area contributed by atoms with Crippen LogP contribution in [-0.2, 0) is 0 Å². The molecule has 2 heterocycles. The van der Waals surface area contributed by atoms with E-state index < -0.39 is 0 Å². The molecule has 1 saturated carbocycles. The molecule has 19 heavy (non-hydrogen) atoms. The summed E-state index contributed by atoms with van der Waals surface area (Å²) >= 11 is 1.59. The molecule has 0 spiro atoms. The van der Waals surface area contributed by atoms with Crippen LogP contribution in [0, 0.1) is 0 Å². The molecular weight excluding hydrogens is 258 g/mol. The molecule has 104 valence electrons. The fourth-order valence-corrected chi connectivity index (χ4v) is 3.69. The highest BCUT2D eigenvalue weighted by Crippen LogP contribution is 2.41. The molecule has 1 aliphatic carbocycles. The molecule has 5 heteroatoms. The van der Waals surface area contributed by atoms with Gasteiger partial charge in [-0.1, -0.05) is 0 Å². The average Bonchev–Trinajstić information content (AvgIpc) is 3.12. The average molecular weight is 279 g/mol. The Kier molecular flexibility index (Phi) is 3.35. The quantitative estimate of drug-likeness (QED) is 0.832. The van der Waals surface area contributed by atoms with Crippen molar-refractivity contribution in [1.29, 1.82) is 0 Å². The maximum Gasteiger partial charge on any atom is 0.265 e. The number of thiazole rings is 1. The molecule has 0 N–H and O–H groups in total. The second-order valence-corrected chi connectivity index (χ2v) is 6.97. The van der Waals surface area contributed by atoms with E-state index in [4.69, 9.17) is 0 Å². The van der Waals surface area contributed by atoms with Crippen molar-refractivity contribution in [3.05, 3.63) is 16.1 Å². The van der Waals surface area contributed by atoms with Crippen LogP contribution in [0.5, 0.6) is 0 Å². The van der Waals surface area contributed by atoms with Gasteiger partial charge in [-0.25, -0.2) is 4.98 Å². The summed E-state index contributed by atoms with van der Waals surface area (Å²) in [5.41, 5.74) is 0. The van der Waals surface area contributed by atoms with E-state index in [1.54, 1.807) is 17.5 Å². The summed E-state index contributed by atoms with van der Waals surface area (Å²) in [7, 11) is 2.13. The lowest BCUT2D eigenvalue weighted by molar-refractivity contribution is 0.0418. The summed E-state index contributed by atoms with van der Waals surface area (Å²) in [6, 6.07) is 0.840. The number of nitrogens with zero attached hydrogens (tertiary/aromatic N) is 3. The molecular formula is C14H21N3OS. The van der Waals surface area contributed by atoms with E-state index in [1.807, 2.05) is 4.90 Å². The van der Waals surface area contributed by atoms with Crippen LogP contribution < -0.4 is 0 Å². The zero-order valence-corrected chi connectivity index (χ0v) is 12.6. The van der Waals surface area contributed by atoms with E-state index in [9.17, 15) is 4.79 Å². The number of amides is 1. The molecule has 4 nitrogen and oxygen atoms in total.